The van der Waals surface area contributed by atoms with Crippen LogP contribution in [0.15, 0.2) is 18.2 Å². The molecule has 2 heteroatoms. The van der Waals surface area contributed by atoms with Crippen LogP contribution >= 0.6 is 0 Å². The number of benzene rings is 1. The van der Waals surface area contributed by atoms with E-state index in [0.717, 1.165) is 23.1 Å². The molecule has 0 unspecified atom stereocenters. The average molecular weight is 229 g/mol. The van der Waals surface area contributed by atoms with Gasteiger partial charge in [0, 0.05) is 18.0 Å². The highest BCUT2D eigenvalue weighted by Crippen LogP contribution is 2.29. The number of aldehydes is 1. The molecule has 0 atom stereocenters. The summed E-state index contributed by atoms with van der Waals surface area (Å²) in [6, 6.07) is 6.46. The van der Waals surface area contributed by atoms with E-state index in [9.17, 15) is 4.79 Å². The summed E-state index contributed by atoms with van der Waals surface area (Å²) in [4.78, 5) is 11.1. The van der Waals surface area contributed by atoms with Gasteiger partial charge in [-0.15, -0.1) is 0 Å². The SMILES string of the molecule is Cc1c(C=O)n(C)c2ccc(C(C)(C)C)cc12. The van der Waals surface area contributed by atoms with Crippen molar-refractivity contribution in [2.45, 2.75) is 33.1 Å². The minimum Gasteiger partial charge on any atom is -0.341 e. The van der Waals surface area contributed by atoms with Crippen molar-refractivity contribution in [1.29, 1.82) is 0 Å². The molecule has 0 amide bonds. The van der Waals surface area contributed by atoms with Gasteiger partial charge in [-0.2, -0.15) is 0 Å². The summed E-state index contributed by atoms with van der Waals surface area (Å²) < 4.78 is 1.96. The smallest absolute Gasteiger partial charge is 0.166 e. The molecule has 1 heterocycles. The fourth-order valence-corrected chi connectivity index (χ4v) is 2.28. The Hall–Kier alpha value is -1.57. The van der Waals surface area contributed by atoms with Gasteiger partial charge < -0.3 is 4.57 Å². The van der Waals surface area contributed by atoms with Gasteiger partial charge in [-0.3, -0.25) is 4.79 Å². The van der Waals surface area contributed by atoms with E-state index in [-0.39, 0.29) is 5.41 Å². The summed E-state index contributed by atoms with van der Waals surface area (Å²) in [6.07, 6.45) is 0.937. The Balaban J connectivity index is 2.79. The van der Waals surface area contributed by atoms with Gasteiger partial charge in [-0.1, -0.05) is 26.8 Å². The van der Waals surface area contributed by atoms with Gasteiger partial charge in [-0.25, -0.2) is 0 Å². The van der Waals surface area contributed by atoms with Crippen molar-refractivity contribution in [2.75, 3.05) is 0 Å². The number of hydrogen-bond acceptors (Lipinski definition) is 1. The largest absolute Gasteiger partial charge is 0.341 e. The molecule has 0 spiro atoms. The molecule has 0 saturated heterocycles. The standard InChI is InChI=1S/C15H19NO/c1-10-12-8-11(15(2,3)4)6-7-13(12)16(5)14(10)9-17/h6-9H,1-5H3. The number of fused-ring (bicyclic) bond motifs is 1. The second-order valence-electron chi connectivity index (χ2n) is 5.67. The lowest BCUT2D eigenvalue weighted by Gasteiger charge is -2.19. The van der Waals surface area contributed by atoms with Crippen molar-refractivity contribution in [3.8, 4) is 0 Å². The fourth-order valence-electron chi connectivity index (χ4n) is 2.28. The van der Waals surface area contributed by atoms with E-state index in [2.05, 4.69) is 39.0 Å². The van der Waals surface area contributed by atoms with E-state index in [1.54, 1.807) is 0 Å². The van der Waals surface area contributed by atoms with Crippen LogP contribution in [-0.2, 0) is 12.5 Å². The lowest BCUT2D eigenvalue weighted by atomic mass is 9.86. The van der Waals surface area contributed by atoms with Crippen molar-refractivity contribution in [3.63, 3.8) is 0 Å². The maximum absolute atomic E-state index is 11.1. The highest BCUT2D eigenvalue weighted by molar-refractivity contribution is 5.93. The van der Waals surface area contributed by atoms with Crippen LogP contribution in [0.4, 0.5) is 0 Å². The van der Waals surface area contributed by atoms with Crippen LogP contribution in [0, 0.1) is 6.92 Å². The number of aryl methyl sites for hydroxylation is 2. The highest BCUT2D eigenvalue weighted by Gasteiger charge is 2.17. The first-order chi connectivity index (χ1) is 7.86. The first-order valence-electron chi connectivity index (χ1n) is 5.91. The molecular formula is C15H19NO. The normalized spacial score (nSPS) is 12.1. The molecule has 2 rings (SSSR count). The molecule has 0 saturated carbocycles. The molecule has 17 heavy (non-hydrogen) atoms. The monoisotopic (exact) mass is 229 g/mol. The minimum absolute atomic E-state index is 0.137. The third-order valence-electron chi connectivity index (χ3n) is 3.49. The maximum Gasteiger partial charge on any atom is 0.166 e. The van der Waals surface area contributed by atoms with Gasteiger partial charge in [-0.05, 0) is 35.6 Å². The third-order valence-corrected chi connectivity index (χ3v) is 3.49. The third kappa shape index (κ3) is 1.78. The van der Waals surface area contributed by atoms with Crippen LogP contribution in [0.3, 0.4) is 0 Å². The Morgan fingerprint density at radius 1 is 1.24 bits per heavy atom. The molecule has 0 N–H and O–H groups in total. The predicted molar refractivity (Wildman–Crippen MR) is 71.7 cm³/mol. The summed E-state index contributed by atoms with van der Waals surface area (Å²) in [5, 5.41) is 1.18. The zero-order valence-corrected chi connectivity index (χ0v) is 11.2. The topological polar surface area (TPSA) is 22.0 Å². The van der Waals surface area contributed by atoms with Crippen LogP contribution in [-0.4, -0.2) is 10.9 Å². The Bertz CT molecular complexity index is 585. The summed E-state index contributed by atoms with van der Waals surface area (Å²) in [6.45, 7) is 8.62. The van der Waals surface area contributed by atoms with Crippen molar-refractivity contribution in [3.05, 3.63) is 35.0 Å². The van der Waals surface area contributed by atoms with Crippen LogP contribution in [0.2, 0.25) is 0 Å². The number of nitrogens with zero attached hydrogens (tertiary/aromatic N) is 1. The molecule has 1 aromatic carbocycles. The number of carbonyl (C=O) groups is 1. The van der Waals surface area contributed by atoms with Crippen molar-refractivity contribution >= 4 is 17.2 Å². The molecule has 0 bridgehead atoms. The minimum atomic E-state index is 0.137. The van der Waals surface area contributed by atoms with Crippen molar-refractivity contribution < 1.29 is 4.79 Å². The Labute approximate surface area is 102 Å². The second kappa shape index (κ2) is 3.73. The van der Waals surface area contributed by atoms with E-state index in [1.165, 1.54) is 10.9 Å². The first-order valence-corrected chi connectivity index (χ1v) is 5.91. The molecule has 0 fully saturated rings. The first kappa shape index (κ1) is 11.9. The quantitative estimate of drug-likeness (QED) is 0.685. The summed E-state index contributed by atoms with van der Waals surface area (Å²) >= 11 is 0. The predicted octanol–water partition coefficient (Wildman–Crippen LogP) is 3.60. The van der Waals surface area contributed by atoms with Gasteiger partial charge >= 0.3 is 0 Å². The molecule has 1 aromatic heterocycles. The van der Waals surface area contributed by atoms with Crippen molar-refractivity contribution in [1.82, 2.24) is 4.57 Å². The maximum atomic E-state index is 11.1. The number of aromatic nitrogens is 1. The summed E-state index contributed by atoms with van der Waals surface area (Å²) in [7, 11) is 1.94. The van der Waals surface area contributed by atoms with Gasteiger partial charge in [0.2, 0.25) is 0 Å². The van der Waals surface area contributed by atoms with Crippen LogP contribution < -0.4 is 0 Å². The van der Waals surface area contributed by atoms with E-state index in [4.69, 9.17) is 0 Å². The second-order valence-corrected chi connectivity index (χ2v) is 5.67. The lowest BCUT2D eigenvalue weighted by molar-refractivity contribution is 0.111. The molecule has 0 aliphatic heterocycles. The van der Waals surface area contributed by atoms with E-state index >= 15 is 0 Å². The van der Waals surface area contributed by atoms with E-state index in [1.807, 2.05) is 18.5 Å². The molecule has 0 aliphatic rings. The van der Waals surface area contributed by atoms with Gasteiger partial charge in [0.15, 0.2) is 6.29 Å². The van der Waals surface area contributed by atoms with Gasteiger partial charge in [0.05, 0.1) is 5.69 Å². The zero-order chi connectivity index (χ0) is 12.8. The number of carbonyl (C=O) groups excluding carboxylic acids is 1. The molecule has 2 aromatic rings. The fraction of sp³-hybridized carbons (Fsp3) is 0.400. The summed E-state index contributed by atoms with van der Waals surface area (Å²) in [5.41, 5.74) is 4.40. The van der Waals surface area contributed by atoms with E-state index in [0.29, 0.717) is 0 Å². The zero-order valence-electron chi connectivity index (χ0n) is 11.2. The molecule has 2 nitrogen and oxygen atoms in total. The molecule has 0 aliphatic carbocycles. The lowest BCUT2D eigenvalue weighted by Crippen LogP contribution is -2.10. The Kier molecular flexibility index (Phi) is 2.61. The number of hydrogen-bond donors (Lipinski definition) is 0. The Morgan fingerprint density at radius 2 is 1.88 bits per heavy atom. The average Bonchev–Trinajstić information content (AvgIpc) is 2.50. The van der Waals surface area contributed by atoms with Crippen LogP contribution in [0.25, 0.3) is 10.9 Å². The van der Waals surface area contributed by atoms with Crippen LogP contribution in [0.1, 0.15) is 42.4 Å². The number of rotatable bonds is 1. The van der Waals surface area contributed by atoms with Gasteiger partial charge in [0.1, 0.15) is 0 Å². The Morgan fingerprint density at radius 3 is 2.41 bits per heavy atom. The molecule has 0 radical (unpaired) electrons. The van der Waals surface area contributed by atoms with E-state index < -0.39 is 0 Å². The highest BCUT2D eigenvalue weighted by atomic mass is 16.1. The van der Waals surface area contributed by atoms with Gasteiger partial charge in [0.25, 0.3) is 0 Å². The molecule has 90 valence electrons. The summed E-state index contributed by atoms with van der Waals surface area (Å²) in [5.74, 6) is 0. The molecular weight excluding hydrogens is 210 g/mol. The van der Waals surface area contributed by atoms with Crippen molar-refractivity contribution in [2.24, 2.45) is 7.05 Å². The van der Waals surface area contributed by atoms with Crippen LogP contribution in [0.5, 0.6) is 0 Å².